The number of carbonyl (C=O) groups is 1. The fourth-order valence-electron chi connectivity index (χ4n) is 5.99. The number of hydrogen-bond donors (Lipinski definition) is 2. The first-order valence-electron chi connectivity index (χ1n) is 13.3. The largest absolute Gasteiger partial charge is 0.462 e. The third-order valence-electron chi connectivity index (χ3n) is 8.13. The molecule has 2 aliphatic carbocycles. The molecule has 2 aromatic carbocycles. The summed E-state index contributed by atoms with van der Waals surface area (Å²) in [6.07, 6.45) is 4.03. The van der Waals surface area contributed by atoms with Gasteiger partial charge in [-0.25, -0.2) is 13.2 Å². The Hall–Kier alpha value is -3.66. The number of amides is 1. The van der Waals surface area contributed by atoms with Gasteiger partial charge in [0.05, 0.1) is 5.56 Å². The Morgan fingerprint density at radius 2 is 2.10 bits per heavy atom. The maximum absolute atomic E-state index is 16.2. The van der Waals surface area contributed by atoms with Gasteiger partial charge in [-0.05, 0) is 73.9 Å². The summed E-state index contributed by atoms with van der Waals surface area (Å²) in [4.78, 5) is 22.4. The van der Waals surface area contributed by atoms with Gasteiger partial charge in [0.15, 0.2) is 11.6 Å². The minimum Gasteiger partial charge on any atom is -0.462 e. The predicted molar refractivity (Wildman–Crippen MR) is 142 cm³/mol. The molecule has 1 aliphatic heterocycles. The number of likely N-dealkylation sites (tertiary alicyclic amines) is 1. The summed E-state index contributed by atoms with van der Waals surface area (Å²) in [6.45, 7) is 4.43. The topological polar surface area (TPSA) is 79.4 Å². The van der Waals surface area contributed by atoms with Gasteiger partial charge in [-0.1, -0.05) is 24.8 Å². The van der Waals surface area contributed by atoms with Crippen molar-refractivity contribution in [3.05, 3.63) is 59.4 Å². The molecule has 2 fully saturated rings. The van der Waals surface area contributed by atoms with E-state index in [1.165, 1.54) is 6.07 Å². The van der Waals surface area contributed by atoms with Crippen molar-refractivity contribution in [3.63, 3.8) is 0 Å². The molecule has 0 spiro atoms. The summed E-state index contributed by atoms with van der Waals surface area (Å²) in [6, 6.07) is 7.07. The first kappa shape index (κ1) is 25.6. The van der Waals surface area contributed by atoms with Gasteiger partial charge in [0.1, 0.15) is 23.8 Å². The zero-order valence-electron chi connectivity index (χ0n) is 21.7. The number of likely N-dealkylation sites (N-methyl/N-ethyl adjacent to an activating group) is 1. The van der Waals surface area contributed by atoms with Gasteiger partial charge in [-0.3, -0.25) is 4.79 Å². The van der Waals surface area contributed by atoms with Crippen molar-refractivity contribution in [2.24, 2.45) is 5.92 Å². The lowest BCUT2D eigenvalue weighted by molar-refractivity contribution is -0.118. The summed E-state index contributed by atoms with van der Waals surface area (Å²) in [5, 5.41) is 5.50. The standard InChI is InChI=1S/C29H30F3N5O2/c1-15(30)28(38)34-9-8-33-27-21-13-22(31)24(19-7-3-5-16-11-17-12-20(17)23(16)19)25(32)26(21)35-29(36-27)39-14-18-6-4-10-37(18)2/h3,5,7,13,17-18,20H,1,4,6,8-12,14H2,2H3,(H,34,38)(H,33,35,36)/t17?,18-,20?/m0/s1. The molecule has 6 rings (SSSR count). The number of rotatable bonds is 9. The van der Waals surface area contributed by atoms with E-state index in [-0.39, 0.29) is 47.4 Å². The monoisotopic (exact) mass is 537 g/mol. The second-order valence-corrected chi connectivity index (χ2v) is 10.7. The normalized spacial score (nSPS) is 21.5. The Labute approximate surface area is 224 Å². The molecule has 1 amide bonds. The van der Waals surface area contributed by atoms with Crippen molar-refractivity contribution in [3.8, 4) is 17.1 Å². The lowest BCUT2D eigenvalue weighted by Gasteiger charge is -2.20. The van der Waals surface area contributed by atoms with Crippen LogP contribution in [0.25, 0.3) is 22.0 Å². The Balaban J connectivity index is 1.37. The van der Waals surface area contributed by atoms with Crippen molar-refractivity contribution in [2.45, 2.75) is 37.6 Å². The van der Waals surface area contributed by atoms with Crippen LogP contribution in [-0.2, 0) is 11.2 Å². The molecule has 2 unspecified atom stereocenters. The Kier molecular flexibility index (Phi) is 6.66. The molecular weight excluding hydrogens is 507 g/mol. The second-order valence-electron chi connectivity index (χ2n) is 10.7. The molecule has 0 bridgehead atoms. The molecular formula is C29H30F3N5O2. The highest BCUT2D eigenvalue weighted by Crippen LogP contribution is 2.59. The maximum atomic E-state index is 16.2. The van der Waals surface area contributed by atoms with Crippen LogP contribution in [0.3, 0.4) is 0 Å². The molecule has 1 saturated heterocycles. The summed E-state index contributed by atoms with van der Waals surface area (Å²) in [5.74, 6) is -2.42. The average Bonchev–Trinajstić information content (AvgIpc) is 3.38. The number of carbonyl (C=O) groups excluding carboxylic acids is 1. The van der Waals surface area contributed by atoms with Crippen LogP contribution >= 0.6 is 0 Å². The van der Waals surface area contributed by atoms with Gasteiger partial charge >= 0.3 is 6.01 Å². The minimum absolute atomic E-state index is 0.0246. The average molecular weight is 538 g/mol. The van der Waals surface area contributed by atoms with E-state index in [2.05, 4.69) is 32.1 Å². The van der Waals surface area contributed by atoms with E-state index in [0.717, 1.165) is 43.4 Å². The summed E-state index contributed by atoms with van der Waals surface area (Å²) in [5.41, 5.74) is 2.62. The molecule has 1 saturated carbocycles. The van der Waals surface area contributed by atoms with E-state index in [9.17, 15) is 9.18 Å². The van der Waals surface area contributed by atoms with E-state index in [4.69, 9.17) is 4.74 Å². The highest BCUT2D eigenvalue weighted by atomic mass is 19.1. The van der Waals surface area contributed by atoms with E-state index in [1.54, 1.807) is 6.07 Å². The number of benzene rings is 2. The van der Waals surface area contributed by atoms with E-state index in [0.29, 0.717) is 24.0 Å². The van der Waals surface area contributed by atoms with Crippen LogP contribution < -0.4 is 15.4 Å². The number of ether oxygens (including phenoxy) is 1. The van der Waals surface area contributed by atoms with Crippen LogP contribution in [0.5, 0.6) is 6.01 Å². The van der Waals surface area contributed by atoms with Gasteiger partial charge < -0.3 is 20.3 Å². The molecule has 3 aromatic rings. The van der Waals surface area contributed by atoms with Crippen molar-refractivity contribution in [1.29, 1.82) is 0 Å². The highest BCUT2D eigenvalue weighted by molar-refractivity contribution is 5.94. The lowest BCUT2D eigenvalue weighted by Crippen LogP contribution is -2.31. The third kappa shape index (κ3) is 4.82. The third-order valence-corrected chi connectivity index (χ3v) is 8.13. The first-order valence-corrected chi connectivity index (χ1v) is 13.3. The van der Waals surface area contributed by atoms with Gasteiger partial charge in [0.25, 0.3) is 5.91 Å². The molecule has 39 heavy (non-hydrogen) atoms. The molecule has 10 heteroatoms. The van der Waals surface area contributed by atoms with Crippen molar-refractivity contribution >= 4 is 22.6 Å². The quantitative estimate of drug-likeness (QED) is 0.304. The van der Waals surface area contributed by atoms with Crippen LogP contribution in [0, 0.1) is 17.6 Å². The number of nitrogens with zero attached hydrogens (tertiary/aromatic N) is 3. The van der Waals surface area contributed by atoms with Crippen LogP contribution in [0.4, 0.5) is 19.0 Å². The van der Waals surface area contributed by atoms with Crippen molar-refractivity contribution in [1.82, 2.24) is 20.2 Å². The number of fused-ring (bicyclic) bond motifs is 4. The van der Waals surface area contributed by atoms with Crippen molar-refractivity contribution < 1.29 is 22.7 Å². The number of anilines is 1. The lowest BCUT2D eigenvalue weighted by atomic mass is 9.93. The summed E-state index contributed by atoms with van der Waals surface area (Å²) >= 11 is 0. The number of aromatic nitrogens is 2. The van der Waals surface area contributed by atoms with Crippen molar-refractivity contribution in [2.75, 3.05) is 38.6 Å². The Bertz CT molecular complexity index is 1480. The molecule has 7 nitrogen and oxygen atoms in total. The van der Waals surface area contributed by atoms with Gasteiger partial charge in [0, 0.05) is 24.5 Å². The molecule has 3 atom stereocenters. The van der Waals surface area contributed by atoms with Crippen LogP contribution in [0.1, 0.15) is 36.3 Å². The van der Waals surface area contributed by atoms with Crippen LogP contribution in [0.15, 0.2) is 36.7 Å². The highest BCUT2D eigenvalue weighted by Gasteiger charge is 2.46. The predicted octanol–water partition coefficient (Wildman–Crippen LogP) is 4.72. The zero-order chi connectivity index (χ0) is 27.3. The zero-order valence-corrected chi connectivity index (χ0v) is 21.7. The van der Waals surface area contributed by atoms with Gasteiger partial charge in [-0.15, -0.1) is 0 Å². The van der Waals surface area contributed by atoms with E-state index in [1.807, 2.05) is 19.2 Å². The first-order chi connectivity index (χ1) is 18.8. The number of halogens is 3. The number of hydrogen-bond acceptors (Lipinski definition) is 6. The SMILES string of the molecule is C=C(F)C(=O)NCCNc1nc(OC[C@@H]2CCCN2C)nc2c(F)c(-c3cccc4c3C3CC3C4)c(F)cc12. The maximum Gasteiger partial charge on any atom is 0.319 e. The Morgan fingerprint density at radius 3 is 2.87 bits per heavy atom. The smallest absolute Gasteiger partial charge is 0.319 e. The fraction of sp³-hybridized carbons (Fsp3) is 0.414. The molecule has 2 heterocycles. The summed E-state index contributed by atoms with van der Waals surface area (Å²) < 4.78 is 50.8. The summed E-state index contributed by atoms with van der Waals surface area (Å²) in [7, 11) is 2.02. The number of nitrogens with one attached hydrogen (secondary N) is 2. The van der Waals surface area contributed by atoms with Gasteiger partial charge in [0.2, 0.25) is 0 Å². The molecule has 3 aliphatic rings. The van der Waals surface area contributed by atoms with Gasteiger partial charge in [-0.2, -0.15) is 9.97 Å². The molecule has 2 N–H and O–H groups in total. The van der Waals surface area contributed by atoms with E-state index < -0.39 is 23.4 Å². The molecule has 0 radical (unpaired) electrons. The van der Waals surface area contributed by atoms with Crippen LogP contribution in [-0.4, -0.2) is 60.1 Å². The second kappa shape index (κ2) is 10.1. The fourth-order valence-corrected chi connectivity index (χ4v) is 5.99. The molecule has 1 aromatic heterocycles. The Morgan fingerprint density at radius 1 is 1.26 bits per heavy atom. The van der Waals surface area contributed by atoms with E-state index >= 15 is 8.78 Å². The minimum atomic E-state index is -1.10. The van der Waals surface area contributed by atoms with Crippen LogP contribution in [0.2, 0.25) is 0 Å². The molecule has 204 valence electrons.